The average Bonchev–Trinajstić information content (AvgIpc) is 2.94. The molecule has 2 amide bonds. The fourth-order valence-electron chi connectivity index (χ4n) is 4.15. The minimum Gasteiger partial charge on any atom is -0.489 e. The monoisotopic (exact) mass is 567 g/mol. The Morgan fingerprint density at radius 3 is 2.48 bits per heavy atom. The lowest BCUT2D eigenvalue weighted by molar-refractivity contribution is 0.154. The maximum atomic E-state index is 15.1. The van der Waals surface area contributed by atoms with Gasteiger partial charge < -0.3 is 34.3 Å². The third-order valence-corrected chi connectivity index (χ3v) is 6.44. The van der Waals surface area contributed by atoms with E-state index in [0.29, 0.717) is 77.5 Å². The number of methoxy groups -OCH3 is 1. The largest absolute Gasteiger partial charge is 0.489 e. The van der Waals surface area contributed by atoms with E-state index in [0.717, 1.165) is 5.56 Å². The third-order valence-electron chi connectivity index (χ3n) is 6.02. The van der Waals surface area contributed by atoms with Gasteiger partial charge in [-0.05, 0) is 48.9 Å². The minimum atomic E-state index is -0.672. The first-order valence-electron chi connectivity index (χ1n) is 12.6. The number of nitrogens with zero attached hydrogens (tertiary/aromatic N) is 1. The van der Waals surface area contributed by atoms with Gasteiger partial charge in [-0.15, -0.1) is 0 Å². The molecule has 208 valence electrons. The highest BCUT2D eigenvalue weighted by molar-refractivity contribution is 6.31. The van der Waals surface area contributed by atoms with Crippen LogP contribution in [-0.2, 0) is 4.74 Å². The molecule has 0 bridgehead atoms. The predicted molar refractivity (Wildman–Crippen MR) is 150 cm³/mol. The van der Waals surface area contributed by atoms with Gasteiger partial charge in [-0.2, -0.15) is 0 Å². The molecule has 0 unspecified atom stereocenters. The Morgan fingerprint density at radius 2 is 1.73 bits per heavy atom. The second-order valence-electron chi connectivity index (χ2n) is 8.92. The smallest absolute Gasteiger partial charge is 0.323 e. The van der Waals surface area contributed by atoms with Crippen LogP contribution in [0, 0.1) is 12.7 Å². The van der Waals surface area contributed by atoms with Gasteiger partial charge in [0.2, 0.25) is 5.75 Å². The first kappa shape index (κ1) is 27.3. The number of nitrogens with one attached hydrogen (secondary N) is 2. The zero-order valence-corrected chi connectivity index (χ0v) is 22.6. The van der Waals surface area contributed by atoms with E-state index < -0.39 is 11.8 Å². The summed E-state index contributed by atoms with van der Waals surface area (Å²) in [4.78, 5) is 16.9. The number of pyridine rings is 1. The van der Waals surface area contributed by atoms with Crippen LogP contribution < -0.4 is 29.6 Å². The van der Waals surface area contributed by atoms with Crippen molar-refractivity contribution in [3.8, 4) is 28.7 Å². The van der Waals surface area contributed by atoms with Crippen LogP contribution in [0.4, 0.5) is 20.6 Å². The molecule has 0 radical (unpaired) electrons. The van der Waals surface area contributed by atoms with Gasteiger partial charge in [-0.25, -0.2) is 9.18 Å². The molecule has 5 rings (SSSR count). The number of ether oxygens (including phenoxy) is 5. The Bertz CT molecular complexity index is 1550. The highest BCUT2D eigenvalue weighted by Gasteiger charge is 2.25. The number of carbonyl (C=O) groups is 1. The molecule has 1 aliphatic heterocycles. The fourth-order valence-corrected chi connectivity index (χ4v) is 4.26. The molecule has 4 aromatic rings. The number of benzene rings is 3. The molecule has 2 heterocycles. The summed E-state index contributed by atoms with van der Waals surface area (Å²) in [5.41, 5.74) is 2.16. The number of amides is 2. The highest BCUT2D eigenvalue weighted by Crippen LogP contribution is 2.48. The summed E-state index contributed by atoms with van der Waals surface area (Å²) in [6.07, 6.45) is 2.26. The SMILES string of the molecule is COCCCOc1cc2nccc(Oc3ccc(NC(=O)Nc4ccc(Cl)c(C)c4)cc3F)c2c2c1OCCO2. The van der Waals surface area contributed by atoms with Crippen molar-refractivity contribution in [3.05, 3.63) is 71.1 Å². The number of rotatable bonds is 9. The predicted octanol–water partition coefficient (Wildman–Crippen LogP) is 6.96. The summed E-state index contributed by atoms with van der Waals surface area (Å²) in [6.45, 7) is 3.51. The quantitative estimate of drug-likeness (QED) is 0.211. The molecule has 1 aliphatic rings. The molecule has 0 saturated heterocycles. The van der Waals surface area contributed by atoms with E-state index in [9.17, 15) is 4.79 Å². The van der Waals surface area contributed by atoms with Crippen LogP contribution in [-0.4, -0.2) is 44.6 Å². The molecule has 2 N–H and O–H groups in total. The molecule has 1 aromatic heterocycles. The van der Waals surface area contributed by atoms with Crippen molar-refractivity contribution < 1.29 is 32.9 Å². The molecule has 9 nitrogen and oxygen atoms in total. The van der Waals surface area contributed by atoms with Crippen molar-refractivity contribution in [1.29, 1.82) is 0 Å². The number of aromatic nitrogens is 1. The standard InChI is InChI=1S/C29H27ClFN3O6/c1-17-14-18(4-6-20(17)30)33-29(35)34-19-5-7-23(21(31)15-19)40-24-8-9-32-22-16-25(37-11-3-10-36-2)27-28(26(22)24)39-13-12-38-27/h4-9,14-16H,3,10-13H2,1-2H3,(H2,33,34,35). The van der Waals surface area contributed by atoms with E-state index in [2.05, 4.69) is 15.6 Å². The zero-order valence-electron chi connectivity index (χ0n) is 21.9. The lowest BCUT2D eigenvalue weighted by atomic mass is 10.1. The summed E-state index contributed by atoms with van der Waals surface area (Å²) in [5.74, 6) is 0.966. The van der Waals surface area contributed by atoms with Crippen molar-refractivity contribution >= 4 is 39.9 Å². The Labute approximate surface area is 235 Å². The number of halogens is 2. The lowest BCUT2D eigenvalue weighted by Gasteiger charge is -2.23. The van der Waals surface area contributed by atoms with Gasteiger partial charge in [0.25, 0.3) is 0 Å². The van der Waals surface area contributed by atoms with Crippen molar-refractivity contribution in [1.82, 2.24) is 4.98 Å². The van der Waals surface area contributed by atoms with E-state index in [4.69, 9.17) is 35.3 Å². The van der Waals surface area contributed by atoms with Gasteiger partial charge in [0.05, 0.1) is 17.5 Å². The molecular formula is C29H27ClFN3O6. The topological polar surface area (TPSA) is 100 Å². The Morgan fingerprint density at radius 1 is 0.975 bits per heavy atom. The molecule has 0 aliphatic carbocycles. The van der Waals surface area contributed by atoms with E-state index in [1.165, 1.54) is 18.2 Å². The lowest BCUT2D eigenvalue weighted by Crippen LogP contribution is -2.19. The second-order valence-corrected chi connectivity index (χ2v) is 9.33. The maximum absolute atomic E-state index is 15.1. The Hall–Kier alpha value is -4.28. The molecule has 0 fully saturated rings. The van der Waals surface area contributed by atoms with E-state index in [1.807, 2.05) is 6.92 Å². The summed E-state index contributed by atoms with van der Waals surface area (Å²) in [5, 5.41) is 6.43. The van der Waals surface area contributed by atoms with Gasteiger partial charge in [0.15, 0.2) is 23.1 Å². The van der Waals surface area contributed by atoms with Crippen LogP contribution >= 0.6 is 11.6 Å². The van der Waals surface area contributed by atoms with Gasteiger partial charge in [0, 0.05) is 54.9 Å². The van der Waals surface area contributed by atoms with Crippen molar-refractivity contribution in [2.24, 2.45) is 0 Å². The van der Waals surface area contributed by atoms with Crippen LogP contribution in [0.1, 0.15) is 12.0 Å². The van der Waals surface area contributed by atoms with Crippen LogP contribution in [0.3, 0.4) is 0 Å². The zero-order chi connectivity index (χ0) is 28.1. The summed E-state index contributed by atoms with van der Waals surface area (Å²) < 4.78 is 43.9. The number of aryl methyl sites for hydroxylation is 1. The molecule has 11 heteroatoms. The van der Waals surface area contributed by atoms with E-state index in [-0.39, 0.29) is 11.4 Å². The summed E-state index contributed by atoms with van der Waals surface area (Å²) >= 11 is 6.03. The summed E-state index contributed by atoms with van der Waals surface area (Å²) in [6, 6.07) is 12.1. The fraction of sp³-hybridized carbons (Fsp3) is 0.241. The number of anilines is 2. The normalized spacial score (nSPS) is 12.2. The number of hydrogen-bond donors (Lipinski definition) is 2. The van der Waals surface area contributed by atoms with Gasteiger partial charge in [-0.3, -0.25) is 4.98 Å². The van der Waals surface area contributed by atoms with Crippen LogP contribution in [0.2, 0.25) is 5.02 Å². The van der Waals surface area contributed by atoms with E-state index in [1.54, 1.807) is 43.6 Å². The summed E-state index contributed by atoms with van der Waals surface area (Å²) in [7, 11) is 1.63. The van der Waals surface area contributed by atoms with Crippen molar-refractivity contribution in [2.45, 2.75) is 13.3 Å². The molecular weight excluding hydrogens is 541 g/mol. The van der Waals surface area contributed by atoms with Crippen molar-refractivity contribution in [3.63, 3.8) is 0 Å². The van der Waals surface area contributed by atoms with Gasteiger partial charge >= 0.3 is 6.03 Å². The third kappa shape index (κ3) is 6.13. The first-order chi connectivity index (χ1) is 19.4. The van der Waals surface area contributed by atoms with Crippen LogP contribution in [0.5, 0.6) is 28.7 Å². The first-order valence-corrected chi connectivity index (χ1v) is 13.0. The average molecular weight is 568 g/mol. The number of fused-ring (bicyclic) bond motifs is 3. The minimum absolute atomic E-state index is 0.0443. The molecule has 40 heavy (non-hydrogen) atoms. The van der Waals surface area contributed by atoms with Crippen LogP contribution in [0.15, 0.2) is 54.7 Å². The van der Waals surface area contributed by atoms with E-state index >= 15 is 4.39 Å². The second kappa shape index (κ2) is 12.3. The number of hydrogen-bond acceptors (Lipinski definition) is 7. The number of urea groups is 1. The van der Waals surface area contributed by atoms with Crippen LogP contribution in [0.25, 0.3) is 10.9 Å². The molecule has 0 atom stereocenters. The Kier molecular flexibility index (Phi) is 8.37. The molecule has 0 spiro atoms. The Balaban J connectivity index is 1.35. The molecule has 3 aromatic carbocycles. The number of carbonyl (C=O) groups excluding carboxylic acids is 1. The highest BCUT2D eigenvalue weighted by atomic mass is 35.5. The van der Waals surface area contributed by atoms with Gasteiger partial charge in [0.1, 0.15) is 19.0 Å². The van der Waals surface area contributed by atoms with Gasteiger partial charge in [-0.1, -0.05) is 11.6 Å². The van der Waals surface area contributed by atoms with Crippen molar-refractivity contribution in [2.75, 3.05) is 44.2 Å². The molecule has 0 saturated carbocycles. The maximum Gasteiger partial charge on any atom is 0.323 e.